The molecule has 3 nitrogen and oxygen atoms in total. The van der Waals surface area contributed by atoms with Crippen molar-refractivity contribution >= 4 is 0 Å². The van der Waals surface area contributed by atoms with Crippen LogP contribution in [-0.4, -0.2) is 43.8 Å². The Hall–Kier alpha value is -1.04. The molecule has 0 amide bonds. The Balaban J connectivity index is 1.77. The smallest absolute Gasteiger partial charge is 0.263 e. The van der Waals surface area contributed by atoms with Crippen molar-refractivity contribution in [2.45, 2.75) is 25.9 Å². The highest BCUT2D eigenvalue weighted by atomic mass is 19.3. The van der Waals surface area contributed by atoms with Gasteiger partial charge in [0, 0.05) is 37.8 Å². The highest BCUT2D eigenvalue weighted by Gasteiger charge is 2.13. The second-order valence-corrected chi connectivity index (χ2v) is 5.24. The second-order valence-electron chi connectivity index (χ2n) is 5.24. The van der Waals surface area contributed by atoms with E-state index >= 15 is 0 Å². The van der Waals surface area contributed by atoms with Gasteiger partial charge in [-0.25, -0.2) is 8.78 Å². The van der Waals surface area contributed by atoms with Gasteiger partial charge in [0.05, 0.1) is 13.2 Å². The SMILES string of the molecule is CC(CN1CCOCC1)NCc1cccc(C(F)F)c1. The summed E-state index contributed by atoms with van der Waals surface area (Å²) in [5.74, 6) is 0. The van der Waals surface area contributed by atoms with E-state index in [1.54, 1.807) is 12.1 Å². The van der Waals surface area contributed by atoms with Gasteiger partial charge < -0.3 is 10.1 Å². The number of hydrogen-bond acceptors (Lipinski definition) is 3. The van der Waals surface area contributed by atoms with Crippen LogP contribution >= 0.6 is 0 Å². The molecule has 0 aromatic heterocycles. The van der Waals surface area contributed by atoms with Gasteiger partial charge >= 0.3 is 0 Å². The summed E-state index contributed by atoms with van der Waals surface area (Å²) in [6.07, 6.45) is -2.40. The minimum Gasteiger partial charge on any atom is -0.379 e. The highest BCUT2D eigenvalue weighted by Crippen LogP contribution is 2.19. The minimum absolute atomic E-state index is 0.0881. The molecule has 0 bridgehead atoms. The molecular weight excluding hydrogens is 262 g/mol. The fourth-order valence-electron chi connectivity index (χ4n) is 2.37. The fraction of sp³-hybridized carbons (Fsp3) is 0.600. The van der Waals surface area contributed by atoms with Crippen LogP contribution in [0.1, 0.15) is 24.5 Å². The zero-order chi connectivity index (χ0) is 14.4. The van der Waals surface area contributed by atoms with E-state index in [0.29, 0.717) is 12.6 Å². The van der Waals surface area contributed by atoms with Crippen molar-refractivity contribution in [2.24, 2.45) is 0 Å². The summed E-state index contributed by atoms with van der Waals surface area (Å²) in [5, 5.41) is 3.38. The van der Waals surface area contributed by atoms with Crippen LogP contribution in [0.2, 0.25) is 0 Å². The lowest BCUT2D eigenvalue weighted by atomic mass is 10.1. The van der Waals surface area contributed by atoms with Crippen molar-refractivity contribution in [3.63, 3.8) is 0 Å². The molecule has 5 heteroatoms. The molecule has 1 fully saturated rings. The van der Waals surface area contributed by atoms with Crippen molar-refractivity contribution in [2.75, 3.05) is 32.8 Å². The molecule has 0 spiro atoms. The molecule has 1 saturated heterocycles. The molecule has 0 radical (unpaired) electrons. The topological polar surface area (TPSA) is 24.5 Å². The molecule has 1 aromatic carbocycles. The summed E-state index contributed by atoms with van der Waals surface area (Å²) >= 11 is 0. The van der Waals surface area contributed by atoms with Crippen LogP contribution in [0.15, 0.2) is 24.3 Å². The van der Waals surface area contributed by atoms with E-state index in [2.05, 4.69) is 17.1 Å². The van der Waals surface area contributed by atoms with Crippen LogP contribution in [0.5, 0.6) is 0 Å². The maximum Gasteiger partial charge on any atom is 0.263 e. The molecule has 2 rings (SSSR count). The molecule has 112 valence electrons. The average Bonchev–Trinajstić information content (AvgIpc) is 2.46. The highest BCUT2D eigenvalue weighted by molar-refractivity contribution is 5.24. The van der Waals surface area contributed by atoms with Gasteiger partial charge in [-0.05, 0) is 18.6 Å². The maximum absolute atomic E-state index is 12.6. The van der Waals surface area contributed by atoms with Crippen LogP contribution < -0.4 is 5.32 Å². The first-order valence-electron chi connectivity index (χ1n) is 7.05. The summed E-state index contributed by atoms with van der Waals surface area (Å²) in [5.41, 5.74) is 0.988. The van der Waals surface area contributed by atoms with Crippen molar-refractivity contribution in [1.29, 1.82) is 0 Å². The number of hydrogen-bond donors (Lipinski definition) is 1. The molecule has 20 heavy (non-hydrogen) atoms. The first kappa shape index (κ1) is 15.4. The Bertz CT molecular complexity index is 409. The fourth-order valence-corrected chi connectivity index (χ4v) is 2.37. The zero-order valence-electron chi connectivity index (χ0n) is 11.8. The second kappa shape index (κ2) is 7.67. The van der Waals surface area contributed by atoms with E-state index in [-0.39, 0.29) is 5.56 Å². The van der Waals surface area contributed by atoms with Gasteiger partial charge in [-0.3, -0.25) is 4.90 Å². The third-order valence-corrected chi connectivity index (χ3v) is 3.49. The number of benzene rings is 1. The Morgan fingerprint density at radius 2 is 2.05 bits per heavy atom. The summed E-state index contributed by atoms with van der Waals surface area (Å²) in [4.78, 5) is 2.36. The number of nitrogens with zero attached hydrogens (tertiary/aromatic N) is 1. The number of halogens is 2. The predicted octanol–water partition coefficient (Wildman–Crippen LogP) is 2.43. The van der Waals surface area contributed by atoms with Gasteiger partial charge in [-0.1, -0.05) is 18.2 Å². The van der Waals surface area contributed by atoms with Crippen LogP contribution in [0.4, 0.5) is 8.78 Å². The molecule has 0 aliphatic carbocycles. The predicted molar refractivity (Wildman–Crippen MR) is 75.0 cm³/mol. The van der Waals surface area contributed by atoms with Crippen molar-refractivity contribution in [3.05, 3.63) is 35.4 Å². The van der Waals surface area contributed by atoms with Gasteiger partial charge in [0.2, 0.25) is 0 Å². The maximum atomic E-state index is 12.6. The van der Waals surface area contributed by atoms with Crippen LogP contribution in [0.25, 0.3) is 0 Å². The molecular formula is C15H22F2N2O. The van der Waals surface area contributed by atoms with E-state index in [1.807, 2.05) is 6.07 Å². The average molecular weight is 284 g/mol. The summed E-state index contributed by atoms with van der Waals surface area (Å²) < 4.78 is 30.5. The quantitative estimate of drug-likeness (QED) is 0.868. The lowest BCUT2D eigenvalue weighted by Crippen LogP contribution is -2.44. The molecule has 1 aliphatic rings. The first-order chi connectivity index (χ1) is 9.65. The van der Waals surface area contributed by atoms with Gasteiger partial charge in [0.1, 0.15) is 0 Å². The molecule has 1 aliphatic heterocycles. The molecule has 1 unspecified atom stereocenters. The van der Waals surface area contributed by atoms with E-state index in [1.165, 1.54) is 6.07 Å². The molecule has 1 N–H and O–H groups in total. The Kier molecular flexibility index (Phi) is 5.88. The number of morpholine rings is 1. The number of rotatable bonds is 6. The van der Waals surface area contributed by atoms with Gasteiger partial charge in [-0.2, -0.15) is 0 Å². The number of alkyl halides is 2. The summed E-state index contributed by atoms with van der Waals surface area (Å²) in [6.45, 7) is 7.21. The Morgan fingerprint density at radius 3 is 2.75 bits per heavy atom. The van der Waals surface area contributed by atoms with E-state index in [0.717, 1.165) is 38.4 Å². The first-order valence-corrected chi connectivity index (χ1v) is 7.05. The van der Waals surface area contributed by atoms with E-state index in [4.69, 9.17) is 4.74 Å². The van der Waals surface area contributed by atoms with Crippen LogP contribution in [0, 0.1) is 0 Å². The Morgan fingerprint density at radius 1 is 1.30 bits per heavy atom. The monoisotopic (exact) mass is 284 g/mol. The third-order valence-electron chi connectivity index (χ3n) is 3.49. The molecule has 1 atom stereocenters. The summed E-state index contributed by atoms with van der Waals surface area (Å²) in [6, 6.07) is 6.92. The zero-order valence-corrected chi connectivity index (χ0v) is 11.8. The standard InChI is InChI=1S/C15H22F2N2O/c1-12(11-19-5-7-20-8-6-19)18-10-13-3-2-4-14(9-13)15(16)17/h2-4,9,12,15,18H,5-8,10-11H2,1H3. The third kappa shape index (κ3) is 4.81. The Labute approximate surface area is 118 Å². The summed E-state index contributed by atoms with van der Waals surface area (Å²) in [7, 11) is 0. The van der Waals surface area contributed by atoms with Crippen molar-refractivity contribution in [3.8, 4) is 0 Å². The van der Waals surface area contributed by atoms with Gasteiger partial charge in [0.25, 0.3) is 6.43 Å². The van der Waals surface area contributed by atoms with Crippen LogP contribution in [0.3, 0.4) is 0 Å². The largest absolute Gasteiger partial charge is 0.379 e. The lowest BCUT2D eigenvalue weighted by molar-refractivity contribution is 0.0343. The van der Waals surface area contributed by atoms with Gasteiger partial charge in [-0.15, -0.1) is 0 Å². The van der Waals surface area contributed by atoms with E-state index in [9.17, 15) is 8.78 Å². The number of nitrogens with one attached hydrogen (secondary N) is 1. The van der Waals surface area contributed by atoms with Crippen molar-refractivity contribution < 1.29 is 13.5 Å². The normalized spacial score (nSPS) is 18.4. The van der Waals surface area contributed by atoms with Gasteiger partial charge in [0.15, 0.2) is 0 Å². The lowest BCUT2D eigenvalue weighted by Gasteiger charge is -2.29. The van der Waals surface area contributed by atoms with Crippen molar-refractivity contribution in [1.82, 2.24) is 10.2 Å². The minimum atomic E-state index is -2.40. The molecule has 1 heterocycles. The molecule has 1 aromatic rings. The molecule has 0 saturated carbocycles. The van der Waals surface area contributed by atoms with Crippen LogP contribution in [-0.2, 0) is 11.3 Å². The van der Waals surface area contributed by atoms with E-state index < -0.39 is 6.43 Å². The number of ether oxygens (including phenoxy) is 1.